The zero-order valence-corrected chi connectivity index (χ0v) is 17.1. The molecule has 0 spiro atoms. The summed E-state index contributed by atoms with van der Waals surface area (Å²) >= 11 is 1.78. The van der Waals surface area contributed by atoms with Crippen molar-refractivity contribution >= 4 is 11.3 Å². The molecule has 0 N–H and O–H groups in total. The minimum atomic E-state index is -4.31. The quantitative estimate of drug-likeness (QED) is 0.463. The van der Waals surface area contributed by atoms with Gasteiger partial charge in [0.05, 0.1) is 12.2 Å². The molecule has 1 aromatic carbocycles. The first-order valence-corrected chi connectivity index (χ1v) is 10.9. The fourth-order valence-corrected chi connectivity index (χ4v) is 4.84. The molecule has 154 valence electrons. The summed E-state index contributed by atoms with van der Waals surface area (Å²) in [6.07, 6.45) is 0.467. The lowest BCUT2D eigenvalue weighted by molar-refractivity contribution is -0.137. The van der Waals surface area contributed by atoms with Gasteiger partial charge >= 0.3 is 6.18 Å². The number of rotatable bonds is 8. The smallest absolute Gasteiger partial charge is 0.416 e. The number of piperidine rings is 1. The summed E-state index contributed by atoms with van der Waals surface area (Å²) in [5.41, 5.74) is -0.643. The first-order chi connectivity index (χ1) is 13.5. The van der Waals surface area contributed by atoms with E-state index in [0.29, 0.717) is 24.2 Å². The Hall–Kier alpha value is -1.53. The van der Waals surface area contributed by atoms with Crippen LogP contribution < -0.4 is 4.74 Å². The minimum absolute atomic E-state index is 0.344. The zero-order chi connectivity index (χ0) is 20.0. The van der Waals surface area contributed by atoms with E-state index in [9.17, 15) is 13.2 Å². The van der Waals surface area contributed by atoms with Crippen LogP contribution >= 0.6 is 11.3 Å². The summed E-state index contributed by atoms with van der Waals surface area (Å²) in [4.78, 5) is 3.90. The predicted molar refractivity (Wildman–Crippen MR) is 108 cm³/mol. The molecule has 0 saturated carbocycles. The molecule has 2 nitrogen and oxygen atoms in total. The molecule has 1 aromatic heterocycles. The van der Waals surface area contributed by atoms with Crippen molar-refractivity contribution in [3.05, 3.63) is 52.2 Å². The molecule has 2 aromatic rings. The average Bonchev–Trinajstić information content (AvgIpc) is 3.21. The van der Waals surface area contributed by atoms with Crippen LogP contribution in [0, 0.1) is 5.92 Å². The molecule has 1 saturated heterocycles. The van der Waals surface area contributed by atoms with Gasteiger partial charge in [-0.1, -0.05) is 25.8 Å². The van der Waals surface area contributed by atoms with E-state index in [-0.39, 0.29) is 0 Å². The summed E-state index contributed by atoms with van der Waals surface area (Å²) in [5, 5.41) is 2.11. The highest BCUT2D eigenvalue weighted by molar-refractivity contribution is 7.10. The summed E-state index contributed by atoms with van der Waals surface area (Å²) in [5.74, 6) is 1.30. The number of nitrogens with zero attached hydrogens (tertiary/aromatic N) is 1. The van der Waals surface area contributed by atoms with E-state index in [1.807, 2.05) is 0 Å². The van der Waals surface area contributed by atoms with Crippen LogP contribution in [-0.2, 0) is 6.18 Å². The molecule has 1 aliphatic rings. The molecule has 6 heteroatoms. The van der Waals surface area contributed by atoms with E-state index < -0.39 is 11.7 Å². The van der Waals surface area contributed by atoms with Crippen LogP contribution in [0.25, 0.3) is 0 Å². The van der Waals surface area contributed by atoms with Gasteiger partial charge in [0, 0.05) is 23.3 Å². The fraction of sp³-hybridized carbons (Fsp3) is 0.545. The summed E-state index contributed by atoms with van der Waals surface area (Å²) in [7, 11) is 0. The molecule has 0 amide bonds. The average molecular weight is 412 g/mol. The van der Waals surface area contributed by atoms with Crippen LogP contribution in [-0.4, -0.2) is 31.1 Å². The van der Waals surface area contributed by atoms with Gasteiger partial charge in [-0.2, -0.15) is 13.2 Å². The second-order valence-electron chi connectivity index (χ2n) is 7.51. The molecule has 2 heterocycles. The van der Waals surface area contributed by atoms with Gasteiger partial charge in [-0.3, -0.25) is 0 Å². The van der Waals surface area contributed by atoms with Gasteiger partial charge in [0.2, 0.25) is 0 Å². The van der Waals surface area contributed by atoms with Gasteiger partial charge in [0.25, 0.3) is 0 Å². The van der Waals surface area contributed by atoms with Crippen molar-refractivity contribution in [1.29, 1.82) is 0 Å². The van der Waals surface area contributed by atoms with E-state index in [2.05, 4.69) is 29.3 Å². The molecular formula is C22H28F3NOS. The monoisotopic (exact) mass is 411 g/mol. The highest BCUT2D eigenvalue weighted by Gasteiger charge is 2.32. The zero-order valence-electron chi connectivity index (χ0n) is 16.3. The normalized spacial score (nSPS) is 21.0. The second kappa shape index (κ2) is 9.79. The molecule has 0 aliphatic carbocycles. The predicted octanol–water partition coefficient (Wildman–Crippen LogP) is 6.44. The van der Waals surface area contributed by atoms with Gasteiger partial charge in [-0.25, -0.2) is 0 Å². The van der Waals surface area contributed by atoms with E-state index in [0.717, 1.165) is 38.2 Å². The van der Waals surface area contributed by atoms with Crippen molar-refractivity contribution in [3.63, 3.8) is 0 Å². The van der Waals surface area contributed by atoms with Crippen LogP contribution in [0.1, 0.15) is 49.0 Å². The number of alkyl halides is 3. The van der Waals surface area contributed by atoms with Crippen molar-refractivity contribution in [1.82, 2.24) is 4.90 Å². The Kier molecular flexibility index (Phi) is 7.41. The summed E-state index contributed by atoms with van der Waals surface area (Å²) in [6, 6.07) is 9.29. The first-order valence-electron chi connectivity index (χ1n) is 10.0. The Morgan fingerprint density at radius 2 is 1.93 bits per heavy atom. The number of halogens is 3. The van der Waals surface area contributed by atoms with E-state index in [1.165, 1.54) is 36.3 Å². The number of thiophene rings is 1. The highest BCUT2D eigenvalue weighted by Crippen LogP contribution is 2.36. The van der Waals surface area contributed by atoms with E-state index in [1.54, 1.807) is 11.3 Å². The molecule has 3 rings (SSSR count). The molecule has 2 unspecified atom stereocenters. The Labute approximate surface area is 169 Å². The van der Waals surface area contributed by atoms with Crippen molar-refractivity contribution in [2.75, 3.05) is 26.2 Å². The number of unbranched alkanes of at least 4 members (excludes halogenated alkanes) is 2. The molecule has 2 atom stereocenters. The Morgan fingerprint density at radius 3 is 2.57 bits per heavy atom. The molecule has 0 radical (unpaired) electrons. The third-order valence-corrected chi connectivity index (χ3v) is 6.45. The van der Waals surface area contributed by atoms with Gasteiger partial charge in [0.1, 0.15) is 5.75 Å². The van der Waals surface area contributed by atoms with Gasteiger partial charge < -0.3 is 9.64 Å². The van der Waals surface area contributed by atoms with Gasteiger partial charge in [-0.05, 0) is 61.6 Å². The SMILES string of the molecule is CCCCCN1CCC(c2cccs2)C(COc2ccc(C(F)(F)F)cc2)C1. The van der Waals surface area contributed by atoms with Crippen LogP contribution in [0.4, 0.5) is 13.2 Å². The van der Waals surface area contributed by atoms with Crippen LogP contribution in [0.3, 0.4) is 0 Å². The van der Waals surface area contributed by atoms with Crippen molar-refractivity contribution in [2.24, 2.45) is 5.92 Å². The van der Waals surface area contributed by atoms with E-state index >= 15 is 0 Å². The maximum absolute atomic E-state index is 12.7. The van der Waals surface area contributed by atoms with Crippen molar-refractivity contribution in [3.8, 4) is 5.75 Å². The third kappa shape index (κ3) is 5.74. The first kappa shape index (κ1) is 21.2. The topological polar surface area (TPSA) is 12.5 Å². The lowest BCUT2D eigenvalue weighted by Gasteiger charge is -2.38. The second-order valence-corrected chi connectivity index (χ2v) is 8.49. The summed E-state index contributed by atoms with van der Waals surface area (Å²) < 4.78 is 44.1. The van der Waals surface area contributed by atoms with Crippen LogP contribution in [0.5, 0.6) is 5.75 Å². The van der Waals surface area contributed by atoms with Gasteiger partial charge in [-0.15, -0.1) is 11.3 Å². The molecule has 1 aliphatic heterocycles. The standard InChI is InChI=1S/C22H28F3NOS/c1-2-3-4-12-26-13-11-20(21-6-5-14-28-21)17(15-26)16-27-19-9-7-18(8-10-19)22(23,24)25/h5-10,14,17,20H,2-4,11-13,15-16H2,1H3. The largest absolute Gasteiger partial charge is 0.493 e. The Bertz CT molecular complexity index is 700. The van der Waals surface area contributed by atoms with Crippen LogP contribution in [0.15, 0.2) is 41.8 Å². The van der Waals surface area contributed by atoms with Gasteiger partial charge in [0.15, 0.2) is 0 Å². The number of hydrogen-bond donors (Lipinski definition) is 0. The number of hydrogen-bond acceptors (Lipinski definition) is 3. The molecule has 28 heavy (non-hydrogen) atoms. The molecule has 1 fully saturated rings. The lowest BCUT2D eigenvalue weighted by Crippen LogP contribution is -2.42. The molecular weight excluding hydrogens is 383 g/mol. The summed E-state index contributed by atoms with van der Waals surface area (Å²) in [6.45, 7) is 5.93. The maximum Gasteiger partial charge on any atom is 0.416 e. The van der Waals surface area contributed by atoms with E-state index in [4.69, 9.17) is 4.74 Å². The molecule has 0 bridgehead atoms. The maximum atomic E-state index is 12.7. The highest BCUT2D eigenvalue weighted by atomic mass is 32.1. The Balaban J connectivity index is 1.62. The van der Waals surface area contributed by atoms with Crippen molar-refractivity contribution < 1.29 is 17.9 Å². The number of likely N-dealkylation sites (tertiary alicyclic amines) is 1. The number of ether oxygens (including phenoxy) is 1. The fourth-order valence-electron chi connectivity index (χ4n) is 3.89. The van der Waals surface area contributed by atoms with Crippen LogP contribution in [0.2, 0.25) is 0 Å². The number of benzene rings is 1. The van der Waals surface area contributed by atoms with Crippen molar-refractivity contribution in [2.45, 2.75) is 44.7 Å². The lowest BCUT2D eigenvalue weighted by atomic mass is 9.84. The Morgan fingerprint density at radius 1 is 1.14 bits per heavy atom. The minimum Gasteiger partial charge on any atom is -0.493 e. The third-order valence-electron chi connectivity index (χ3n) is 5.45.